The SMILES string of the molecule is O=C(CCCSc1ccc(F)cc1)Nc1nnc(-c2cc(Cl)ccc2Cl)o1. The number of carbonyl (C=O) groups is 1. The lowest BCUT2D eigenvalue weighted by molar-refractivity contribution is -0.116. The Balaban J connectivity index is 1.48. The fourth-order valence-corrected chi connectivity index (χ4v) is 3.40. The molecular formula is C18H14Cl2FN3O2S. The van der Waals surface area contributed by atoms with Gasteiger partial charge in [0, 0.05) is 16.3 Å². The zero-order chi connectivity index (χ0) is 19.2. The fraction of sp³-hybridized carbons (Fsp3) is 0.167. The van der Waals surface area contributed by atoms with Crippen LogP contribution in [-0.4, -0.2) is 21.9 Å². The van der Waals surface area contributed by atoms with Crippen LogP contribution in [0.3, 0.4) is 0 Å². The summed E-state index contributed by atoms with van der Waals surface area (Å²) in [5, 5.41) is 11.1. The Kier molecular flexibility index (Phi) is 6.71. The Morgan fingerprint density at radius 1 is 1.15 bits per heavy atom. The van der Waals surface area contributed by atoms with Gasteiger partial charge >= 0.3 is 6.01 Å². The van der Waals surface area contributed by atoms with Crippen LogP contribution < -0.4 is 5.32 Å². The van der Waals surface area contributed by atoms with E-state index in [4.69, 9.17) is 27.6 Å². The molecule has 0 atom stereocenters. The van der Waals surface area contributed by atoms with E-state index < -0.39 is 0 Å². The minimum atomic E-state index is -0.267. The van der Waals surface area contributed by atoms with Crippen LogP contribution in [-0.2, 0) is 4.79 Å². The van der Waals surface area contributed by atoms with E-state index in [-0.39, 0.29) is 23.6 Å². The summed E-state index contributed by atoms with van der Waals surface area (Å²) in [6.45, 7) is 0. The first-order valence-electron chi connectivity index (χ1n) is 7.98. The van der Waals surface area contributed by atoms with Gasteiger partial charge in [0.1, 0.15) is 5.82 Å². The summed E-state index contributed by atoms with van der Waals surface area (Å²) < 4.78 is 18.3. The van der Waals surface area contributed by atoms with Crippen LogP contribution in [0, 0.1) is 5.82 Å². The molecule has 1 amide bonds. The molecule has 1 aromatic heterocycles. The van der Waals surface area contributed by atoms with Crippen LogP contribution in [0.25, 0.3) is 11.5 Å². The largest absolute Gasteiger partial charge is 0.403 e. The number of carbonyl (C=O) groups excluding carboxylic acids is 1. The van der Waals surface area contributed by atoms with Crippen molar-refractivity contribution in [1.82, 2.24) is 10.2 Å². The van der Waals surface area contributed by atoms with E-state index in [0.29, 0.717) is 28.5 Å². The average molecular weight is 426 g/mol. The van der Waals surface area contributed by atoms with Crippen molar-refractivity contribution in [2.75, 3.05) is 11.1 Å². The molecule has 3 aromatic rings. The second-order valence-corrected chi connectivity index (χ2v) is 7.50. The number of thioether (sulfide) groups is 1. The summed E-state index contributed by atoms with van der Waals surface area (Å²) in [4.78, 5) is 12.9. The van der Waals surface area contributed by atoms with Crippen LogP contribution in [0.1, 0.15) is 12.8 Å². The van der Waals surface area contributed by atoms with Gasteiger partial charge in [-0.1, -0.05) is 28.3 Å². The van der Waals surface area contributed by atoms with Gasteiger partial charge in [0.25, 0.3) is 5.89 Å². The third kappa shape index (κ3) is 5.69. The Hall–Kier alpha value is -2.09. The molecule has 3 rings (SSSR count). The predicted molar refractivity (Wildman–Crippen MR) is 105 cm³/mol. The van der Waals surface area contributed by atoms with Crippen molar-refractivity contribution in [3.8, 4) is 11.5 Å². The summed E-state index contributed by atoms with van der Waals surface area (Å²) >= 11 is 13.6. The molecule has 2 aromatic carbocycles. The van der Waals surface area contributed by atoms with Crippen LogP contribution in [0.2, 0.25) is 10.0 Å². The number of aromatic nitrogens is 2. The lowest BCUT2D eigenvalue weighted by Crippen LogP contribution is -2.11. The normalized spacial score (nSPS) is 10.8. The standard InChI is InChI=1S/C18H14Cl2FN3O2S/c19-11-3-8-15(20)14(10-11)17-23-24-18(26-17)22-16(25)2-1-9-27-13-6-4-12(21)5-7-13/h3-8,10H,1-2,9H2,(H,22,24,25). The lowest BCUT2D eigenvalue weighted by Gasteiger charge is -2.02. The summed E-state index contributed by atoms with van der Waals surface area (Å²) in [6.07, 6.45) is 0.943. The molecule has 140 valence electrons. The van der Waals surface area contributed by atoms with Crippen molar-refractivity contribution in [2.24, 2.45) is 0 Å². The molecule has 0 spiro atoms. The van der Waals surface area contributed by atoms with Crippen LogP contribution in [0.4, 0.5) is 10.4 Å². The summed E-state index contributed by atoms with van der Waals surface area (Å²) in [7, 11) is 0. The van der Waals surface area contributed by atoms with Crippen molar-refractivity contribution < 1.29 is 13.6 Å². The first-order valence-corrected chi connectivity index (χ1v) is 9.72. The molecule has 0 saturated heterocycles. The Labute approximate surface area is 169 Å². The maximum atomic E-state index is 12.8. The Bertz CT molecular complexity index is 935. The highest BCUT2D eigenvalue weighted by Crippen LogP contribution is 2.30. The number of benzene rings is 2. The van der Waals surface area contributed by atoms with E-state index in [9.17, 15) is 9.18 Å². The molecule has 9 heteroatoms. The zero-order valence-electron chi connectivity index (χ0n) is 13.9. The second kappa shape index (κ2) is 9.21. The summed E-state index contributed by atoms with van der Waals surface area (Å²) in [5.41, 5.74) is 0.493. The van der Waals surface area contributed by atoms with Crippen LogP contribution >= 0.6 is 35.0 Å². The molecule has 0 unspecified atom stereocenters. The highest BCUT2D eigenvalue weighted by molar-refractivity contribution is 7.99. The van der Waals surface area contributed by atoms with Gasteiger partial charge in [-0.15, -0.1) is 16.9 Å². The smallest absolute Gasteiger partial charge is 0.322 e. The minimum Gasteiger partial charge on any atom is -0.403 e. The van der Waals surface area contributed by atoms with Crippen molar-refractivity contribution >= 4 is 46.9 Å². The van der Waals surface area contributed by atoms with Gasteiger partial charge in [0.2, 0.25) is 5.91 Å². The number of nitrogens with one attached hydrogen (secondary N) is 1. The molecule has 0 aliphatic carbocycles. The number of nitrogens with zero attached hydrogens (tertiary/aromatic N) is 2. The summed E-state index contributed by atoms with van der Waals surface area (Å²) in [5.74, 6) is 0.398. The molecule has 1 N–H and O–H groups in total. The second-order valence-electron chi connectivity index (χ2n) is 5.49. The number of amides is 1. The Morgan fingerprint density at radius 2 is 1.93 bits per heavy atom. The van der Waals surface area contributed by atoms with Gasteiger partial charge in [0.15, 0.2) is 0 Å². The van der Waals surface area contributed by atoms with Crippen molar-refractivity contribution in [1.29, 1.82) is 0 Å². The fourth-order valence-electron chi connectivity index (χ4n) is 2.18. The molecule has 0 bridgehead atoms. The van der Waals surface area contributed by atoms with Crippen molar-refractivity contribution in [3.05, 3.63) is 58.3 Å². The third-order valence-corrected chi connectivity index (χ3v) is 5.12. The van der Waals surface area contributed by atoms with Gasteiger partial charge in [-0.3, -0.25) is 10.1 Å². The van der Waals surface area contributed by atoms with Crippen molar-refractivity contribution in [3.63, 3.8) is 0 Å². The maximum Gasteiger partial charge on any atom is 0.322 e. The molecule has 0 fully saturated rings. The molecule has 0 radical (unpaired) electrons. The van der Waals surface area contributed by atoms with Gasteiger partial charge in [-0.25, -0.2) is 4.39 Å². The van der Waals surface area contributed by atoms with E-state index in [2.05, 4.69) is 15.5 Å². The number of hydrogen-bond acceptors (Lipinski definition) is 5. The quantitative estimate of drug-likeness (QED) is 0.388. The van der Waals surface area contributed by atoms with E-state index in [1.807, 2.05) is 0 Å². The molecule has 5 nitrogen and oxygen atoms in total. The molecule has 1 heterocycles. The average Bonchev–Trinajstić information content (AvgIpc) is 3.10. The monoisotopic (exact) mass is 425 g/mol. The van der Waals surface area contributed by atoms with Gasteiger partial charge in [0.05, 0.1) is 10.6 Å². The van der Waals surface area contributed by atoms with Gasteiger partial charge in [-0.2, -0.15) is 0 Å². The number of hydrogen-bond donors (Lipinski definition) is 1. The maximum absolute atomic E-state index is 12.8. The van der Waals surface area contributed by atoms with Crippen LogP contribution in [0.15, 0.2) is 51.8 Å². The predicted octanol–water partition coefficient (Wildman–Crippen LogP) is 5.69. The Morgan fingerprint density at radius 3 is 2.70 bits per heavy atom. The first-order chi connectivity index (χ1) is 13.0. The summed E-state index contributed by atoms with van der Waals surface area (Å²) in [6, 6.07) is 11.1. The number of anilines is 1. The number of rotatable bonds is 7. The van der Waals surface area contributed by atoms with Crippen molar-refractivity contribution in [2.45, 2.75) is 17.7 Å². The lowest BCUT2D eigenvalue weighted by atomic mass is 10.2. The number of halogens is 3. The molecule has 0 aliphatic rings. The highest BCUT2D eigenvalue weighted by atomic mass is 35.5. The zero-order valence-corrected chi connectivity index (χ0v) is 16.2. The first kappa shape index (κ1) is 19.7. The van der Waals surface area contributed by atoms with E-state index in [1.54, 1.807) is 42.1 Å². The van der Waals surface area contributed by atoms with E-state index >= 15 is 0 Å². The third-order valence-electron chi connectivity index (χ3n) is 3.46. The molecule has 0 saturated carbocycles. The van der Waals surface area contributed by atoms with Crippen LogP contribution in [0.5, 0.6) is 0 Å². The highest BCUT2D eigenvalue weighted by Gasteiger charge is 2.14. The molecule has 0 aliphatic heterocycles. The van der Waals surface area contributed by atoms with E-state index in [0.717, 1.165) is 10.6 Å². The molecular weight excluding hydrogens is 412 g/mol. The van der Waals surface area contributed by atoms with E-state index in [1.165, 1.54) is 12.1 Å². The van der Waals surface area contributed by atoms with Gasteiger partial charge < -0.3 is 4.42 Å². The van der Waals surface area contributed by atoms with Gasteiger partial charge in [-0.05, 0) is 54.6 Å². The molecule has 27 heavy (non-hydrogen) atoms. The topological polar surface area (TPSA) is 68.0 Å². The minimum absolute atomic E-state index is 0.00256.